The maximum absolute atomic E-state index is 12.1. The Labute approximate surface area is 106 Å². The highest BCUT2D eigenvalue weighted by Crippen LogP contribution is 2.14. The summed E-state index contributed by atoms with van der Waals surface area (Å²) in [6.07, 6.45) is 0.290. The molecule has 0 spiro atoms. The molecule has 0 aliphatic carbocycles. The van der Waals surface area contributed by atoms with Crippen molar-refractivity contribution in [2.75, 3.05) is 19.7 Å². The van der Waals surface area contributed by atoms with E-state index in [-0.39, 0.29) is 18.4 Å². The van der Waals surface area contributed by atoms with E-state index in [4.69, 9.17) is 9.15 Å². The molecule has 0 radical (unpaired) electrons. The minimum atomic E-state index is 0.0209. The zero-order valence-corrected chi connectivity index (χ0v) is 11.0. The number of rotatable bonds is 3. The summed E-state index contributed by atoms with van der Waals surface area (Å²) < 4.78 is 10.8. The third-order valence-electron chi connectivity index (χ3n) is 3.06. The van der Waals surface area contributed by atoms with Gasteiger partial charge in [-0.05, 0) is 5.92 Å². The van der Waals surface area contributed by atoms with Crippen LogP contribution in [0.15, 0.2) is 4.42 Å². The summed E-state index contributed by atoms with van der Waals surface area (Å²) in [7, 11) is 0. The van der Waals surface area contributed by atoms with Gasteiger partial charge in [-0.15, -0.1) is 10.2 Å². The number of carbonyl (C=O) groups excluding carboxylic acids is 1. The Morgan fingerprint density at radius 2 is 2.28 bits per heavy atom. The summed E-state index contributed by atoms with van der Waals surface area (Å²) in [6, 6.07) is 0. The maximum Gasteiger partial charge on any atom is 0.232 e. The van der Waals surface area contributed by atoms with Crippen molar-refractivity contribution in [2.45, 2.75) is 33.3 Å². The second-order valence-corrected chi connectivity index (χ2v) is 4.88. The molecule has 6 heteroatoms. The highest BCUT2D eigenvalue weighted by Gasteiger charge is 2.26. The minimum Gasteiger partial charge on any atom is -0.425 e. The van der Waals surface area contributed by atoms with E-state index in [2.05, 4.69) is 24.0 Å². The normalized spacial score (nSPS) is 20.4. The number of ether oxygens (including phenoxy) is 1. The van der Waals surface area contributed by atoms with Crippen LogP contribution >= 0.6 is 0 Å². The molecule has 0 unspecified atom stereocenters. The number of carbonyl (C=O) groups is 1. The molecule has 1 aliphatic heterocycles. The maximum atomic E-state index is 12.1. The van der Waals surface area contributed by atoms with Gasteiger partial charge in [0, 0.05) is 20.0 Å². The fourth-order valence-electron chi connectivity index (χ4n) is 1.96. The predicted molar refractivity (Wildman–Crippen MR) is 63.9 cm³/mol. The SMILES string of the molecule is Cc1nnc(CC(=O)N2CCO[C@H](C(C)C)C2)o1. The Morgan fingerprint density at radius 3 is 2.89 bits per heavy atom. The molecular formula is C12H19N3O3. The Morgan fingerprint density at radius 1 is 1.50 bits per heavy atom. The summed E-state index contributed by atoms with van der Waals surface area (Å²) >= 11 is 0. The Kier molecular flexibility index (Phi) is 3.96. The topological polar surface area (TPSA) is 68.5 Å². The molecule has 1 atom stereocenters. The van der Waals surface area contributed by atoms with E-state index in [1.807, 2.05) is 4.90 Å². The van der Waals surface area contributed by atoms with Crippen LogP contribution in [-0.2, 0) is 16.0 Å². The van der Waals surface area contributed by atoms with Gasteiger partial charge in [0.05, 0.1) is 12.7 Å². The number of hydrogen-bond donors (Lipinski definition) is 0. The smallest absolute Gasteiger partial charge is 0.232 e. The van der Waals surface area contributed by atoms with Crippen LogP contribution < -0.4 is 0 Å². The third kappa shape index (κ3) is 3.07. The Balaban J connectivity index is 1.92. The molecule has 0 saturated carbocycles. The molecule has 6 nitrogen and oxygen atoms in total. The highest BCUT2D eigenvalue weighted by atomic mass is 16.5. The average molecular weight is 253 g/mol. The molecule has 1 aromatic heterocycles. The van der Waals surface area contributed by atoms with Crippen molar-refractivity contribution in [3.05, 3.63) is 11.8 Å². The van der Waals surface area contributed by atoms with Crippen LogP contribution in [0.1, 0.15) is 25.6 Å². The first-order chi connectivity index (χ1) is 8.56. The van der Waals surface area contributed by atoms with Gasteiger partial charge in [0.25, 0.3) is 0 Å². The molecule has 0 bridgehead atoms. The summed E-state index contributed by atoms with van der Waals surface area (Å²) in [4.78, 5) is 13.9. The first-order valence-corrected chi connectivity index (χ1v) is 6.24. The second-order valence-electron chi connectivity index (χ2n) is 4.88. The summed E-state index contributed by atoms with van der Waals surface area (Å²) in [6.45, 7) is 7.78. The fraction of sp³-hybridized carbons (Fsp3) is 0.750. The number of nitrogens with zero attached hydrogens (tertiary/aromatic N) is 3. The molecule has 1 aromatic rings. The molecule has 0 aromatic carbocycles. The lowest BCUT2D eigenvalue weighted by Crippen LogP contribution is -2.47. The molecular weight excluding hydrogens is 234 g/mol. The van der Waals surface area contributed by atoms with E-state index in [0.717, 1.165) is 0 Å². The van der Waals surface area contributed by atoms with Crippen molar-refractivity contribution in [1.82, 2.24) is 15.1 Å². The van der Waals surface area contributed by atoms with Crippen LogP contribution in [0.5, 0.6) is 0 Å². The van der Waals surface area contributed by atoms with Gasteiger partial charge in [0.1, 0.15) is 6.42 Å². The first kappa shape index (κ1) is 13.0. The third-order valence-corrected chi connectivity index (χ3v) is 3.06. The molecule has 1 amide bonds. The van der Waals surface area contributed by atoms with Crippen molar-refractivity contribution in [1.29, 1.82) is 0 Å². The Hall–Kier alpha value is -1.43. The van der Waals surface area contributed by atoms with Crippen molar-refractivity contribution >= 4 is 5.91 Å². The largest absolute Gasteiger partial charge is 0.425 e. The van der Waals surface area contributed by atoms with Crippen molar-refractivity contribution < 1.29 is 13.9 Å². The van der Waals surface area contributed by atoms with E-state index >= 15 is 0 Å². The Bertz CT molecular complexity index is 416. The number of morpholine rings is 1. The van der Waals surface area contributed by atoms with Gasteiger partial charge in [-0.2, -0.15) is 0 Å². The van der Waals surface area contributed by atoms with Crippen LogP contribution in [0.25, 0.3) is 0 Å². The van der Waals surface area contributed by atoms with Gasteiger partial charge >= 0.3 is 0 Å². The van der Waals surface area contributed by atoms with Gasteiger partial charge < -0.3 is 14.1 Å². The highest BCUT2D eigenvalue weighted by molar-refractivity contribution is 5.77. The van der Waals surface area contributed by atoms with E-state index < -0.39 is 0 Å². The molecule has 2 heterocycles. The van der Waals surface area contributed by atoms with Crippen molar-refractivity contribution in [2.24, 2.45) is 5.92 Å². The van der Waals surface area contributed by atoms with Gasteiger partial charge in [0.2, 0.25) is 17.7 Å². The monoisotopic (exact) mass is 253 g/mol. The zero-order valence-electron chi connectivity index (χ0n) is 11.0. The predicted octanol–water partition coefficient (Wildman–Crippen LogP) is 0.804. The lowest BCUT2D eigenvalue weighted by molar-refractivity contribution is -0.140. The van der Waals surface area contributed by atoms with Crippen LogP contribution in [0.2, 0.25) is 0 Å². The molecule has 0 N–H and O–H groups in total. The van der Waals surface area contributed by atoms with E-state index in [1.54, 1.807) is 6.92 Å². The lowest BCUT2D eigenvalue weighted by Gasteiger charge is -2.34. The molecule has 1 saturated heterocycles. The van der Waals surface area contributed by atoms with Gasteiger partial charge in [-0.25, -0.2) is 0 Å². The second kappa shape index (κ2) is 5.48. The van der Waals surface area contributed by atoms with Gasteiger partial charge in [-0.3, -0.25) is 4.79 Å². The van der Waals surface area contributed by atoms with Crippen LogP contribution in [0.3, 0.4) is 0 Å². The van der Waals surface area contributed by atoms with Crippen LogP contribution in [0, 0.1) is 12.8 Å². The van der Waals surface area contributed by atoms with Crippen LogP contribution in [0.4, 0.5) is 0 Å². The number of hydrogen-bond acceptors (Lipinski definition) is 5. The number of aryl methyl sites for hydroxylation is 1. The summed E-state index contributed by atoms with van der Waals surface area (Å²) in [5.74, 6) is 1.30. The first-order valence-electron chi connectivity index (χ1n) is 6.24. The molecule has 1 fully saturated rings. The van der Waals surface area contributed by atoms with Crippen molar-refractivity contribution in [3.63, 3.8) is 0 Å². The number of aromatic nitrogens is 2. The molecule has 18 heavy (non-hydrogen) atoms. The van der Waals surface area contributed by atoms with E-state index in [1.165, 1.54) is 0 Å². The fourth-order valence-corrected chi connectivity index (χ4v) is 1.96. The zero-order chi connectivity index (χ0) is 13.1. The molecule has 1 aliphatic rings. The van der Waals surface area contributed by atoms with Crippen LogP contribution in [-0.4, -0.2) is 46.8 Å². The summed E-state index contributed by atoms with van der Waals surface area (Å²) in [5, 5.41) is 7.56. The molecule has 100 valence electrons. The lowest BCUT2D eigenvalue weighted by atomic mass is 10.1. The van der Waals surface area contributed by atoms with E-state index in [9.17, 15) is 4.79 Å². The number of amides is 1. The van der Waals surface area contributed by atoms with E-state index in [0.29, 0.717) is 37.4 Å². The van der Waals surface area contributed by atoms with Crippen molar-refractivity contribution in [3.8, 4) is 0 Å². The molecule has 2 rings (SSSR count). The van der Waals surface area contributed by atoms with Gasteiger partial charge in [-0.1, -0.05) is 13.8 Å². The standard InChI is InChI=1S/C12H19N3O3/c1-8(2)10-7-15(4-5-17-10)12(16)6-11-14-13-9(3)18-11/h8,10H,4-7H2,1-3H3/t10-/m0/s1. The average Bonchev–Trinajstić information content (AvgIpc) is 2.75. The quantitative estimate of drug-likeness (QED) is 0.797. The summed E-state index contributed by atoms with van der Waals surface area (Å²) in [5.41, 5.74) is 0. The minimum absolute atomic E-state index is 0.0209. The van der Waals surface area contributed by atoms with Gasteiger partial charge in [0.15, 0.2) is 0 Å².